The minimum absolute atomic E-state index is 0.0741. The van der Waals surface area contributed by atoms with Crippen LogP contribution in [0.1, 0.15) is 31.0 Å². The number of nitrogens with zero attached hydrogens (tertiary/aromatic N) is 4. The number of fused-ring (bicyclic) bond motifs is 1. The van der Waals surface area contributed by atoms with Crippen LogP contribution in [0.4, 0.5) is 0 Å². The van der Waals surface area contributed by atoms with Crippen molar-refractivity contribution in [1.29, 1.82) is 0 Å². The third-order valence-corrected chi connectivity index (χ3v) is 3.76. The summed E-state index contributed by atoms with van der Waals surface area (Å²) in [5.41, 5.74) is 1.26. The molecule has 1 aliphatic heterocycles. The molecule has 3 heterocycles. The summed E-state index contributed by atoms with van der Waals surface area (Å²) in [6.07, 6.45) is 2.80. The van der Waals surface area contributed by atoms with Gasteiger partial charge in [-0.25, -0.2) is 9.97 Å². The summed E-state index contributed by atoms with van der Waals surface area (Å²) in [5, 5.41) is 2.67. The highest BCUT2D eigenvalue weighted by Crippen LogP contribution is 2.28. The molecule has 1 N–H and O–H groups in total. The van der Waals surface area contributed by atoms with Crippen molar-refractivity contribution in [2.45, 2.75) is 37.7 Å². The summed E-state index contributed by atoms with van der Waals surface area (Å²) in [6.45, 7) is 2.45. The SMILES string of the molecule is COc1ncnc2c1nc(C(C)Cl)n2CC1CCC(=O)N1. The van der Waals surface area contributed by atoms with E-state index in [1.54, 1.807) is 7.11 Å². The molecule has 1 amide bonds. The first-order valence-corrected chi connectivity index (χ1v) is 7.22. The fourth-order valence-electron chi connectivity index (χ4n) is 2.60. The zero-order valence-corrected chi connectivity index (χ0v) is 12.6. The number of nitrogens with one attached hydrogen (secondary N) is 1. The number of alkyl halides is 1. The van der Waals surface area contributed by atoms with Gasteiger partial charge in [-0.3, -0.25) is 4.79 Å². The number of hydrogen-bond donors (Lipinski definition) is 1. The molecule has 3 rings (SSSR count). The Labute approximate surface area is 126 Å². The number of aromatic nitrogens is 4. The van der Waals surface area contributed by atoms with Crippen molar-refractivity contribution in [1.82, 2.24) is 24.8 Å². The highest BCUT2D eigenvalue weighted by Gasteiger charge is 2.25. The Morgan fingerprint density at radius 1 is 1.57 bits per heavy atom. The molecule has 0 aromatic carbocycles. The number of ether oxygens (including phenoxy) is 1. The molecule has 0 aliphatic carbocycles. The van der Waals surface area contributed by atoms with Crippen molar-refractivity contribution < 1.29 is 9.53 Å². The number of imidazole rings is 1. The van der Waals surface area contributed by atoms with Gasteiger partial charge >= 0.3 is 0 Å². The van der Waals surface area contributed by atoms with E-state index >= 15 is 0 Å². The van der Waals surface area contributed by atoms with E-state index in [1.807, 2.05) is 11.5 Å². The lowest BCUT2D eigenvalue weighted by Gasteiger charge is -2.14. The van der Waals surface area contributed by atoms with Gasteiger partial charge in [-0.2, -0.15) is 4.98 Å². The second-order valence-electron chi connectivity index (χ2n) is 5.05. The van der Waals surface area contributed by atoms with Crippen LogP contribution in [0.5, 0.6) is 5.88 Å². The zero-order chi connectivity index (χ0) is 15.0. The van der Waals surface area contributed by atoms with Gasteiger partial charge in [-0.1, -0.05) is 0 Å². The third-order valence-electron chi connectivity index (χ3n) is 3.57. The molecule has 2 aromatic heterocycles. The number of methoxy groups -OCH3 is 1. The molecule has 1 saturated heterocycles. The molecule has 0 spiro atoms. The third kappa shape index (κ3) is 2.53. The summed E-state index contributed by atoms with van der Waals surface area (Å²) in [5.74, 6) is 1.21. The van der Waals surface area contributed by atoms with Gasteiger partial charge in [0.2, 0.25) is 11.8 Å². The normalized spacial score (nSPS) is 19.8. The van der Waals surface area contributed by atoms with Gasteiger partial charge in [0.1, 0.15) is 12.2 Å². The summed E-state index contributed by atoms with van der Waals surface area (Å²) < 4.78 is 7.16. The Morgan fingerprint density at radius 3 is 3.00 bits per heavy atom. The summed E-state index contributed by atoms with van der Waals surface area (Å²) >= 11 is 6.23. The first-order valence-electron chi connectivity index (χ1n) is 6.78. The summed E-state index contributed by atoms with van der Waals surface area (Å²) in [4.78, 5) is 24.2. The van der Waals surface area contributed by atoms with Gasteiger partial charge in [-0.05, 0) is 13.3 Å². The molecule has 0 saturated carbocycles. The van der Waals surface area contributed by atoms with Gasteiger partial charge in [0.25, 0.3) is 0 Å². The fraction of sp³-hybridized carbons (Fsp3) is 0.538. The van der Waals surface area contributed by atoms with Crippen molar-refractivity contribution in [3.63, 3.8) is 0 Å². The van der Waals surface area contributed by atoms with Crippen LogP contribution in [0.3, 0.4) is 0 Å². The van der Waals surface area contributed by atoms with Crippen LogP contribution >= 0.6 is 11.6 Å². The van der Waals surface area contributed by atoms with Crippen LogP contribution in [0.15, 0.2) is 6.33 Å². The maximum atomic E-state index is 11.4. The molecule has 2 atom stereocenters. The van der Waals surface area contributed by atoms with E-state index in [2.05, 4.69) is 20.3 Å². The minimum Gasteiger partial charge on any atom is -0.479 e. The lowest BCUT2D eigenvalue weighted by atomic mass is 10.2. The molecule has 8 heteroatoms. The maximum Gasteiger partial charge on any atom is 0.245 e. The van der Waals surface area contributed by atoms with Gasteiger partial charge < -0.3 is 14.6 Å². The summed E-state index contributed by atoms with van der Waals surface area (Å²) in [7, 11) is 1.54. The van der Waals surface area contributed by atoms with E-state index in [4.69, 9.17) is 16.3 Å². The van der Waals surface area contributed by atoms with E-state index in [0.717, 1.165) is 6.42 Å². The van der Waals surface area contributed by atoms with Crippen LogP contribution in [0.2, 0.25) is 0 Å². The standard InChI is InChI=1S/C13H16ClN5O2/c1-7(14)11-18-10-12(15-6-16-13(10)21-2)19(11)5-8-3-4-9(20)17-8/h6-8H,3-5H2,1-2H3,(H,17,20). The highest BCUT2D eigenvalue weighted by atomic mass is 35.5. The Kier molecular flexibility index (Phi) is 3.67. The van der Waals surface area contributed by atoms with Crippen LogP contribution < -0.4 is 10.1 Å². The average Bonchev–Trinajstić information content (AvgIpc) is 3.03. The molecule has 1 fully saturated rings. The number of hydrogen-bond acceptors (Lipinski definition) is 5. The number of amides is 1. The molecule has 21 heavy (non-hydrogen) atoms. The maximum absolute atomic E-state index is 11.4. The molecule has 0 radical (unpaired) electrons. The quantitative estimate of drug-likeness (QED) is 0.864. The number of carbonyl (C=O) groups is 1. The molecule has 112 valence electrons. The van der Waals surface area contributed by atoms with Crippen molar-refractivity contribution in [2.24, 2.45) is 0 Å². The topological polar surface area (TPSA) is 81.9 Å². The van der Waals surface area contributed by atoms with Crippen LogP contribution in [-0.4, -0.2) is 38.6 Å². The lowest BCUT2D eigenvalue weighted by molar-refractivity contribution is -0.119. The van der Waals surface area contributed by atoms with Gasteiger partial charge in [0.15, 0.2) is 11.2 Å². The van der Waals surface area contributed by atoms with Crippen molar-refractivity contribution in [3.05, 3.63) is 12.2 Å². The Bertz CT molecular complexity index is 684. The molecule has 2 unspecified atom stereocenters. The zero-order valence-electron chi connectivity index (χ0n) is 11.8. The number of rotatable bonds is 4. The lowest BCUT2D eigenvalue weighted by Crippen LogP contribution is -2.30. The van der Waals surface area contributed by atoms with Crippen LogP contribution in [-0.2, 0) is 11.3 Å². The van der Waals surface area contributed by atoms with E-state index < -0.39 is 0 Å². The number of carbonyl (C=O) groups excluding carboxylic acids is 1. The van der Waals surface area contributed by atoms with Crippen molar-refractivity contribution in [3.8, 4) is 5.88 Å². The van der Waals surface area contributed by atoms with Crippen molar-refractivity contribution in [2.75, 3.05) is 7.11 Å². The second-order valence-corrected chi connectivity index (χ2v) is 5.71. The minimum atomic E-state index is -0.277. The molecule has 2 aromatic rings. The molecule has 1 aliphatic rings. The predicted octanol–water partition coefficient (Wildman–Crippen LogP) is 1.41. The smallest absolute Gasteiger partial charge is 0.245 e. The molecular formula is C13H16ClN5O2. The molecular weight excluding hydrogens is 294 g/mol. The number of halogens is 1. The molecule has 0 bridgehead atoms. The molecule has 7 nitrogen and oxygen atoms in total. The van der Waals surface area contributed by atoms with Crippen LogP contribution in [0, 0.1) is 0 Å². The monoisotopic (exact) mass is 309 g/mol. The van der Waals surface area contributed by atoms with Crippen molar-refractivity contribution >= 4 is 28.7 Å². The Morgan fingerprint density at radius 2 is 2.38 bits per heavy atom. The van der Waals surface area contributed by atoms with E-state index in [9.17, 15) is 4.79 Å². The van der Waals surface area contributed by atoms with Crippen LogP contribution in [0.25, 0.3) is 11.2 Å². The first-order chi connectivity index (χ1) is 10.1. The summed E-state index contributed by atoms with van der Waals surface area (Å²) in [6, 6.07) is 0.0741. The highest BCUT2D eigenvalue weighted by molar-refractivity contribution is 6.20. The fourth-order valence-corrected chi connectivity index (χ4v) is 2.77. The first kappa shape index (κ1) is 14.1. The van der Waals surface area contributed by atoms with Gasteiger partial charge in [0.05, 0.1) is 12.5 Å². The van der Waals surface area contributed by atoms with Gasteiger partial charge in [-0.15, -0.1) is 11.6 Å². The predicted molar refractivity (Wildman–Crippen MR) is 77.3 cm³/mol. The van der Waals surface area contributed by atoms with Gasteiger partial charge in [0, 0.05) is 19.0 Å². The Balaban J connectivity index is 2.06. The van der Waals surface area contributed by atoms with E-state index in [1.165, 1.54) is 6.33 Å². The van der Waals surface area contributed by atoms with E-state index in [0.29, 0.717) is 35.8 Å². The second kappa shape index (κ2) is 5.48. The average molecular weight is 310 g/mol. The van der Waals surface area contributed by atoms with E-state index in [-0.39, 0.29) is 17.3 Å². The largest absolute Gasteiger partial charge is 0.479 e. The Hall–Kier alpha value is -1.89.